The molecule has 0 saturated heterocycles. The Morgan fingerprint density at radius 3 is 2.67 bits per heavy atom. The molecule has 0 fully saturated rings. The third-order valence-electron chi connectivity index (χ3n) is 4.19. The summed E-state index contributed by atoms with van der Waals surface area (Å²) in [7, 11) is -3.25. The van der Waals surface area contributed by atoms with Crippen LogP contribution in [0.4, 0.5) is 5.69 Å². The summed E-state index contributed by atoms with van der Waals surface area (Å²) >= 11 is 11.8. The molecule has 6 nitrogen and oxygen atoms in total. The lowest BCUT2D eigenvalue weighted by Gasteiger charge is -2.27. The molecular formula is C18H18Cl2N2O4S. The van der Waals surface area contributed by atoms with Gasteiger partial charge in [-0.05, 0) is 47.9 Å². The van der Waals surface area contributed by atoms with Gasteiger partial charge < -0.3 is 10.1 Å². The van der Waals surface area contributed by atoms with Crippen LogP contribution in [0.15, 0.2) is 36.4 Å². The number of rotatable bonds is 5. The van der Waals surface area contributed by atoms with Crippen molar-refractivity contribution >= 4 is 44.8 Å². The second-order valence-electron chi connectivity index (χ2n) is 6.24. The van der Waals surface area contributed by atoms with Crippen LogP contribution >= 0.6 is 23.2 Å². The molecule has 1 amide bonds. The van der Waals surface area contributed by atoms with Gasteiger partial charge in [-0.1, -0.05) is 29.3 Å². The van der Waals surface area contributed by atoms with Crippen molar-refractivity contribution in [2.75, 3.05) is 24.7 Å². The fourth-order valence-electron chi connectivity index (χ4n) is 2.82. The number of anilines is 1. The van der Waals surface area contributed by atoms with Crippen molar-refractivity contribution in [1.29, 1.82) is 0 Å². The molecule has 144 valence electrons. The van der Waals surface area contributed by atoms with Crippen LogP contribution < -0.4 is 10.1 Å². The van der Waals surface area contributed by atoms with E-state index in [9.17, 15) is 13.2 Å². The summed E-state index contributed by atoms with van der Waals surface area (Å²) in [5.74, 6) is 0.0159. The fourth-order valence-corrected chi connectivity index (χ4v) is 4.08. The smallest absolute Gasteiger partial charge is 0.262 e. The highest BCUT2D eigenvalue weighted by Crippen LogP contribution is 2.27. The zero-order valence-corrected chi connectivity index (χ0v) is 16.9. The van der Waals surface area contributed by atoms with E-state index in [0.717, 1.165) is 11.1 Å². The van der Waals surface area contributed by atoms with Crippen LogP contribution in [-0.2, 0) is 27.8 Å². The van der Waals surface area contributed by atoms with Crippen molar-refractivity contribution in [3.05, 3.63) is 57.6 Å². The van der Waals surface area contributed by atoms with E-state index < -0.39 is 10.0 Å². The topological polar surface area (TPSA) is 75.7 Å². The Morgan fingerprint density at radius 2 is 1.96 bits per heavy atom. The zero-order valence-electron chi connectivity index (χ0n) is 14.5. The molecule has 27 heavy (non-hydrogen) atoms. The molecule has 0 aromatic heterocycles. The Bertz CT molecular complexity index is 979. The second-order valence-corrected chi connectivity index (χ2v) is 9.07. The van der Waals surface area contributed by atoms with E-state index in [0.29, 0.717) is 41.0 Å². The monoisotopic (exact) mass is 428 g/mol. The summed E-state index contributed by atoms with van der Waals surface area (Å²) in [5, 5.41) is 3.55. The highest BCUT2D eigenvalue weighted by molar-refractivity contribution is 7.88. The Kier molecular flexibility index (Phi) is 5.95. The molecule has 0 radical (unpaired) electrons. The molecule has 0 atom stereocenters. The van der Waals surface area contributed by atoms with Gasteiger partial charge in [0.15, 0.2) is 6.61 Å². The van der Waals surface area contributed by atoms with Gasteiger partial charge in [-0.25, -0.2) is 8.42 Å². The van der Waals surface area contributed by atoms with Crippen LogP contribution in [0, 0.1) is 0 Å². The average Bonchev–Trinajstić information content (AvgIpc) is 2.59. The van der Waals surface area contributed by atoms with Gasteiger partial charge in [0.25, 0.3) is 5.91 Å². The first-order chi connectivity index (χ1) is 12.7. The number of carbonyl (C=O) groups excluding carboxylic acids is 1. The molecule has 0 unspecified atom stereocenters. The number of ether oxygens (including phenoxy) is 1. The van der Waals surface area contributed by atoms with Crippen molar-refractivity contribution in [3.8, 4) is 5.75 Å². The van der Waals surface area contributed by atoms with E-state index in [4.69, 9.17) is 27.9 Å². The number of benzene rings is 2. The molecule has 2 aromatic rings. The lowest BCUT2D eigenvalue weighted by molar-refractivity contribution is -0.118. The highest BCUT2D eigenvalue weighted by atomic mass is 35.5. The van der Waals surface area contributed by atoms with Crippen LogP contribution in [-0.4, -0.2) is 38.0 Å². The van der Waals surface area contributed by atoms with Gasteiger partial charge in [0.1, 0.15) is 5.75 Å². The highest BCUT2D eigenvalue weighted by Gasteiger charge is 2.23. The Balaban J connectivity index is 1.63. The minimum Gasteiger partial charge on any atom is -0.482 e. The minimum atomic E-state index is -3.25. The Morgan fingerprint density at radius 1 is 1.19 bits per heavy atom. The number of fused-ring (bicyclic) bond motifs is 1. The maximum Gasteiger partial charge on any atom is 0.262 e. The molecule has 9 heteroatoms. The van der Waals surface area contributed by atoms with Gasteiger partial charge in [0, 0.05) is 23.8 Å². The Hall–Kier alpha value is -1.80. The Labute approximate surface area is 168 Å². The average molecular weight is 429 g/mol. The van der Waals surface area contributed by atoms with Gasteiger partial charge in [-0.3, -0.25) is 4.79 Å². The molecule has 1 N–H and O–H groups in total. The lowest BCUT2D eigenvalue weighted by atomic mass is 10.0. The number of halogens is 2. The van der Waals surface area contributed by atoms with E-state index in [2.05, 4.69) is 5.32 Å². The van der Waals surface area contributed by atoms with E-state index in [-0.39, 0.29) is 12.5 Å². The number of amides is 1. The molecule has 0 aliphatic carbocycles. The molecule has 0 bridgehead atoms. The van der Waals surface area contributed by atoms with E-state index in [1.165, 1.54) is 16.6 Å². The van der Waals surface area contributed by atoms with Crippen LogP contribution in [0.1, 0.15) is 11.1 Å². The minimum absolute atomic E-state index is 0.214. The number of hydrogen-bond donors (Lipinski definition) is 1. The van der Waals surface area contributed by atoms with Crippen molar-refractivity contribution in [1.82, 2.24) is 4.31 Å². The first-order valence-electron chi connectivity index (χ1n) is 8.17. The lowest BCUT2D eigenvalue weighted by Crippen LogP contribution is -2.35. The zero-order chi connectivity index (χ0) is 19.6. The van der Waals surface area contributed by atoms with E-state index in [1.54, 1.807) is 24.3 Å². The number of carbonyl (C=O) groups is 1. The van der Waals surface area contributed by atoms with Crippen LogP contribution in [0.3, 0.4) is 0 Å². The standard InChI is InChI=1S/C18H18Cl2N2O4S/c1-27(24,25)22-7-6-12-2-4-15(8-13(12)10-22)21-18(23)11-26-17-5-3-14(19)9-16(17)20/h2-5,8-9H,6-7,10-11H2,1H3,(H,21,23). The van der Waals surface area contributed by atoms with E-state index in [1.807, 2.05) is 6.07 Å². The van der Waals surface area contributed by atoms with Crippen LogP contribution in [0.2, 0.25) is 10.0 Å². The molecule has 1 heterocycles. The molecule has 2 aromatic carbocycles. The second kappa shape index (κ2) is 8.06. The number of nitrogens with one attached hydrogen (secondary N) is 1. The number of sulfonamides is 1. The van der Waals surface area contributed by atoms with Crippen molar-refractivity contribution < 1.29 is 17.9 Å². The molecule has 1 aliphatic heterocycles. The van der Waals surface area contributed by atoms with Gasteiger partial charge in [0.05, 0.1) is 11.3 Å². The fraction of sp³-hybridized carbons (Fsp3) is 0.278. The summed E-state index contributed by atoms with van der Waals surface area (Å²) in [4.78, 5) is 12.1. The molecular weight excluding hydrogens is 411 g/mol. The van der Waals surface area contributed by atoms with Gasteiger partial charge in [0.2, 0.25) is 10.0 Å². The molecule has 0 spiro atoms. The summed E-state index contributed by atoms with van der Waals surface area (Å²) in [5.41, 5.74) is 2.54. The van der Waals surface area contributed by atoms with Gasteiger partial charge in [-0.15, -0.1) is 0 Å². The normalized spacial score (nSPS) is 14.5. The molecule has 1 aliphatic rings. The van der Waals surface area contributed by atoms with Crippen LogP contribution in [0.25, 0.3) is 0 Å². The van der Waals surface area contributed by atoms with Crippen molar-refractivity contribution in [2.24, 2.45) is 0 Å². The maximum absolute atomic E-state index is 12.1. The summed E-state index contributed by atoms with van der Waals surface area (Å²) in [6.45, 7) is 0.551. The van der Waals surface area contributed by atoms with E-state index >= 15 is 0 Å². The maximum atomic E-state index is 12.1. The largest absolute Gasteiger partial charge is 0.482 e. The summed E-state index contributed by atoms with van der Waals surface area (Å²) in [6, 6.07) is 10.2. The van der Waals surface area contributed by atoms with Crippen LogP contribution in [0.5, 0.6) is 5.75 Å². The third-order valence-corrected chi connectivity index (χ3v) is 5.97. The summed E-state index contributed by atoms with van der Waals surface area (Å²) in [6.07, 6.45) is 1.84. The summed E-state index contributed by atoms with van der Waals surface area (Å²) < 4.78 is 30.3. The van der Waals surface area contributed by atoms with Gasteiger partial charge >= 0.3 is 0 Å². The number of nitrogens with zero attached hydrogens (tertiary/aromatic N) is 1. The predicted octanol–water partition coefficient (Wildman–Crippen LogP) is 3.33. The molecule has 3 rings (SSSR count). The molecule has 0 saturated carbocycles. The first-order valence-corrected chi connectivity index (χ1v) is 10.8. The van der Waals surface area contributed by atoms with Gasteiger partial charge in [-0.2, -0.15) is 4.31 Å². The third kappa shape index (κ3) is 5.13. The van der Waals surface area contributed by atoms with Crippen molar-refractivity contribution in [3.63, 3.8) is 0 Å². The SMILES string of the molecule is CS(=O)(=O)N1CCc2ccc(NC(=O)COc3ccc(Cl)cc3Cl)cc2C1. The predicted molar refractivity (Wildman–Crippen MR) is 106 cm³/mol. The first kappa shape index (κ1) is 19.9. The number of hydrogen-bond acceptors (Lipinski definition) is 4. The van der Waals surface area contributed by atoms with Crippen molar-refractivity contribution in [2.45, 2.75) is 13.0 Å². The quantitative estimate of drug-likeness (QED) is 0.791.